The quantitative estimate of drug-likeness (QED) is 0.0570. The zero-order chi connectivity index (χ0) is 33.1. The minimum Gasteiger partial charge on any atom is -0.455 e. The molecule has 2 saturated heterocycles. The van der Waals surface area contributed by atoms with Crippen LogP contribution in [-0.4, -0.2) is 81.3 Å². The molecule has 4 N–H and O–H groups in total. The van der Waals surface area contributed by atoms with E-state index in [-0.39, 0.29) is 36.5 Å². The van der Waals surface area contributed by atoms with Gasteiger partial charge in [0.05, 0.1) is 48.8 Å². The first-order valence-electron chi connectivity index (χ1n) is 19.2. The van der Waals surface area contributed by atoms with Crippen LogP contribution in [0.2, 0.25) is 0 Å². The van der Waals surface area contributed by atoms with Gasteiger partial charge in [-0.05, 0) is 70.8 Å². The highest BCUT2D eigenvalue weighted by molar-refractivity contribution is 5.90. The summed E-state index contributed by atoms with van der Waals surface area (Å²) in [6, 6.07) is 0. The smallest absolute Gasteiger partial charge is 0.334 e. The summed E-state index contributed by atoms with van der Waals surface area (Å²) < 4.78 is 17.3. The number of hydrogen-bond acceptors (Lipinski definition) is 8. The molecule has 0 amide bonds. The fourth-order valence-corrected chi connectivity index (χ4v) is 7.47. The summed E-state index contributed by atoms with van der Waals surface area (Å²) in [5.74, 6) is -0.301. The van der Waals surface area contributed by atoms with Crippen molar-refractivity contribution in [1.82, 2.24) is 0 Å². The minimum atomic E-state index is -0.632. The molecule has 3 rings (SSSR count). The Hall–Kier alpha value is -1.03. The first-order valence-corrected chi connectivity index (χ1v) is 19.2. The summed E-state index contributed by atoms with van der Waals surface area (Å²) in [5.41, 5.74) is 0.593. The zero-order valence-corrected chi connectivity index (χ0v) is 29.2. The number of hydrogen-bond donors (Lipinski definition) is 4. The molecule has 0 radical (unpaired) electrons. The number of rotatable bonds is 26. The number of ether oxygens (including phenoxy) is 3. The minimum absolute atomic E-state index is 0.174. The average molecular weight is 653 g/mol. The van der Waals surface area contributed by atoms with Gasteiger partial charge in [0.1, 0.15) is 6.10 Å². The highest BCUT2D eigenvalue weighted by atomic mass is 16.5. The van der Waals surface area contributed by atoms with Crippen LogP contribution in [0.3, 0.4) is 0 Å². The molecule has 0 aromatic rings. The molecule has 0 aliphatic carbocycles. The third kappa shape index (κ3) is 15.0. The normalized spacial score (nSPS) is 27.5. The third-order valence-electron chi connectivity index (χ3n) is 10.4. The number of unbranched alkanes of at least 4 members (excludes halogenated alkanes) is 12. The van der Waals surface area contributed by atoms with E-state index in [1.807, 2.05) is 6.92 Å². The topological polar surface area (TPSA) is 126 Å². The van der Waals surface area contributed by atoms with E-state index < -0.39 is 24.4 Å². The number of carbonyl (C=O) groups is 1. The predicted molar refractivity (Wildman–Crippen MR) is 181 cm³/mol. The molecule has 8 heteroatoms. The average Bonchev–Trinajstić information content (AvgIpc) is 3.79. The van der Waals surface area contributed by atoms with Crippen molar-refractivity contribution in [3.05, 3.63) is 11.6 Å². The van der Waals surface area contributed by atoms with Crippen molar-refractivity contribution in [2.24, 2.45) is 0 Å². The van der Waals surface area contributed by atoms with Gasteiger partial charge in [0.15, 0.2) is 0 Å². The Morgan fingerprint density at radius 1 is 0.652 bits per heavy atom. The standard InChI is InChI=1S/C38H68O8/c1-3-4-5-6-7-8-9-10-11-16-19-32(40)36-24-25-37(46-36)34(42)22-21-33(41)35-23-20-31(45-35)18-15-13-12-14-17-30(39)27-29-26-28(2)44-38(29)43/h26,28,30-37,39-42H,3-25,27H2,1-2H3/t28?,30?,31-,32-,33+,34-,35+,36-,37-/m1/s1. The van der Waals surface area contributed by atoms with Gasteiger partial charge >= 0.3 is 5.97 Å². The van der Waals surface area contributed by atoms with Crippen molar-refractivity contribution in [3.63, 3.8) is 0 Å². The molecule has 0 aromatic heterocycles. The largest absolute Gasteiger partial charge is 0.455 e. The fourth-order valence-electron chi connectivity index (χ4n) is 7.47. The summed E-state index contributed by atoms with van der Waals surface area (Å²) in [7, 11) is 0. The number of esters is 1. The first kappa shape index (κ1) is 39.4. The van der Waals surface area contributed by atoms with Crippen molar-refractivity contribution in [2.75, 3.05) is 0 Å². The number of aliphatic hydroxyl groups is 4. The van der Waals surface area contributed by atoms with Gasteiger partial charge in [-0.25, -0.2) is 4.79 Å². The van der Waals surface area contributed by atoms with E-state index in [1.54, 1.807) is 6.08 Å². The second kappa shape index (κ2) is 22.6. The van der Waals surface area contributed by atoms with Crippen molar-refractivity contribution < 1.29 is 39.4 Å². The van der Waals surface area contributed by atoms with Crippen LogP contribution in [0, 0.1) is 0 Å². The lowest BCUT2D eigenvalue weighted by molar-refractivity contribution is -0.139. The van der Waals surface area contributed by atoms with Gasteiger partial charge in [0.2, 0.25) is 0 Å². The number of carbonyl (C=O) groups excluding carboxylic acids is 1. The number of cyclic esters (lactones) is 1. The molecule has 3 aliphatic heterocycles. The summed E-state index contributed by atoms with van der Waals surface area (Å²) >= 11 is 0. The van der Waals surface area contributed by atoms with Crippen LogP contribution in [0.25, 0.3) is 0 Å². The van der Waals surface area contributed by atoms with Crippen LogP contribution in [0.15, 0.2) is 11.6 Å². The van der Waals surface area contributed by atoms with Gasteiger partial charge in [-0.15, -0.1) is 0 Å². The zero-order valence-electron chi connectivity index (χ0n) is 29.2. The highest BCUT2D eigenvalue weighted by Gasteiger charge is 2.36. The maximum Gasteiger partial charge on any atom is 0.334 e. The maximum atomic E-state index is 11.7. The second-order valence-electron chi connectivity index (χ2n) is 14.6. The van der Waals surface area contributed by atoms with E-state index in [9.17, 15) is 25.2 Å². The Kier molecular flexibility index (Phi) is 19.3. The molecule has 0 aromatic carbocycles. The monoisotopic (exact) mass is 652 g/mol. The Morgan fingerprint density at radius 3 is 1.74 bits per heavy atom. The fraction of sp³-hybridized carbons (Fsp3) is 0.921. The van der Waals surface area contributed by atoms with Crippen LogP contribution in [0.4, 0.5) is 0 Å². The van der Waals surface area contributed by atoms with Crippen molar-refractivity contribution >= 4 is 5.97 Å². The van der Waals surface area contributed by atoms with E-state index in [4.69, 9.17) is 14.2 Å². The van der Waals surface area contributed by atoms with E-state index >= 15 is 0 Å². The van der Waals surface area contributed by atoms with Gasteiger partial charge in [-0.2, -0.15) is 0 Å². The maximum absolute atomic E-state index is 11.7. The van der Waals surface area contributed by atoms with Crippen LogP contribution in [0.1, 0.15) is 168 Å². The molecule has 3 heterocycles. The highest BCUT2D eigenvalue weighted by Crippen LogP contribution is 2.31. The summed E-state index contributed by atoms with van der Waals surface area (Å²) in [6.07, 6.45) is 23.0. The van der Waals surface area contributed by atoms with Crippen LogP contribution < -0.4 is 0 Å². The van der Waals surface area contributed by atoms with Crippen LogP contribution >= 0.6 is 0 Å². The molecule has 8 nitrogen and oxygen atoms in total. The van der Waals surface area contributed by atoms with Crippen molar-refractivity contribution in [1.29, 1.82) is 0 Å². The van der Waals surface area contributed by atoms with Gasteiger partial charge in [-0.3, -0.25) is 0 Å². The third-order valence-corrected chi connectivity index (χ3v) is 10.4. The summed E-state index contributed by atoms with van der Waals surface area (Å²) in [5, 5.41) is 42.5. The first-order chi connectivity index (χ1) is 22.3. The molecule has 0 saturated carbocycles. The van der Waals surface area contributed by atoms with Crippen molar-refractivity contribution in [3.8, 4) is 0 Å². The molecular formula is C38H68O8. The summed E-state index contributed by atoms with van der Waals surface area (Å²) in [4.78, 5) is 11.7. The van der Waals surface area contributed by atoms with Gasteiger partial charge in [0, 0.05) is 12.0 Å². The molecular weight excluding hydrogens is 584 g/mol. The Bertz CT molecular complexity index is 849. The predicted octanol–water partition coefficient (Wildman–Crippen LogP) is 7.22. The second-order valence-corrected chi connectivity index (χ2v) is 14.6. The number of aliphatic hydroxyl groups excluding tert-OH is 4. The Labute approximate surface area is 279 Å². The van der Waals surface area contributed by atoms with E-state index in [0.29, 0.717) is 31.3 Å². The Morgan fingerprint density at radius 2 is 1.15 bits per heavy atom. The Balaban J connectivity index is 1.16. The summed E-state index contributed by atoms with van der Waals surface area (Å²) in [6.45, 7) is 4.08. The molecule has 0 spiro atoms. The van der Waals surface area contributed by atoms with E-state index in [2.05, 4.69) is 6.92 Å². The lowest BCUT2D eigenvalue weighted by atomic mass is 9.98. The molecule has 46 heavy (non-hydrogen) atoms. The van der Waals surface area contributed by atoms with Gasteiger partial charge in [0.25, 0.3) is 0 Å². The molecule has 2 unspecified atom stereocenters. The van der Waals surface area contributed by atoms with Crippen LogP contribution in [0.5, 0.6) is 0 Å². The molecule has 268 valence electrons. The lowest BCUT2D eigenvalue weighted by Crippen LogP contribution is -2.33. The SMILES string of the molecule is CCCCCCCCCCCC[C@@H](O)[C@H]1CC[C@H]([C@H](O)CC[C@H](O)[C@@H]2CC[C@@H](CCCCCCC(O)CC3=CC(C)OC3=O)O2)O1. The van der Waals surface area contributed by atoms with E-state index in [1.165, 1.54) is 51.4 Å². The van der Waals surface area contributed by atoms with Crippen molar-refractivity contribution in [2.45, 2.75) is 223 Å². The molecule has 2 fully saturated rings. The molecule has 9 atom stereocenters. The van der Waals surface area contributed by atoms with Gasteiger partial charge in [-0.1, -0.05) is 96.8 Å². The van der Waals surface area contributed by atoms with Crippen LogP contribution in [-0.2, 0) is 19.0 Å². The van der Waals surface area contributed by atoms with Gasteiger partial charge < -0.3 is 34.6 Å². The molecule has 0 bridgehead atoms. The molecule has 3 aliphatic rings. The lowest BCUT2D eigenvalue weighted by Gasteiger charge is -2.24. The van der Waals surface area contributed by atoms with E-state index in [0.717, 1.165) is 77.0 Å².